The summed E-state index contributed by atoms with van der Waals surface area (Å²) in [6, 6.07) is 9.55. The predicted octanol–water partition coefficient (Wildman–Crippen LogP) is 1.82. The summed E-state index contributed by atoms with van der Waals surface area (Å²) in [7, 11) is 0. The van der Waals surface area contributed by atoms with Crippen LogP contribution in [0.5, 0.6) is 5.75 Å². The fraction of sp³-hybridized carbons (Fsp3) is 0.538. The van der Waals surface area contributed by atoms with Gasteiger partial charge in [-0.15, -0.1) is 0 Å². The zero-order valence-electron chi connectivity index (χ0n) is 9.86. The molecule has 1 aromatic rings. The molecular weight excluding hydrogens is 202 g/mol. The van der Waals surface area contributed by atoms with Gasteiger partial charge in [0.2, 0.25) is 0 Å². The number of nitrogens with one attached hydrogen (secondary N) is 1. The summed E-state index contributed by atoms with van der Waals surface area (Å²) in [4.78, 5) is 0. The molecule has 3 heteroatoms. The van der Waals surface area contributed by atoms with Crippen molar-refractivity contribution < 1.29 is 9.84 Å². The molecule has 0 aliphatic heterocycles. The first-order valence-electron chi connectivity index (χ1n) is 5.89. The first kappa shape index (κ1) is 13.0. The number of aliphatic hydroxyl groups excluding tert-OH is 1. The highest BCUT2D eigenvalue weighted by molar-refractivity contribution is 5.20. The van der Waals surface area contributed by atoms with Gasteiger partial charge in [-0.25, -0.2) is 0 Å². The smallest absolute Gasteiger partial charge is 0.119 e. The average molecular weight is 223 g/mol. The molecule has 0 unspecified atom stereocenters. The number of hydrogen-bond acceptors (Lipinski definition) is 3. The van der Waals surface area contributed by atoms with E-state index in [1.165, 1.54) is 6.42 Å². The minimum Gasteiger partial charge on any atom is -0.491 e. The van der Waals surface area contributed by atoms with E-state index in [-0.39, 0.29) is 0 Å². The van der Waals surface area contributed by atoms with E-state index in [9.17, 15) is 5.11 Å². The quantitative estimate of drug-likeness (QED) is 0.660. The van der Waals surface area contributed by atoms with Crippen molar-refractivity contribution >= 4 is 0 Å². The van der Waals surface area contributed by atoms with Crippen LogP contribution in [0.3, 0.4) is 0 Å². The minimum absolute atomic E-state index is 0.336. The fourth-order valence-electron chi connectivity index (χ4n) is 1.34. The molecule has 3 nitrogen and oxygen atoms in total. The third kappa shape index (κ3) is 5.73. The summed E-state index contributed by atoms with van der Waals surface area (Å²) in [6.45, 7) is 4.03. The van der Waals surface area contributed by atoms with Gasteiger partial charge in [0.05, 0.1) is 0 Å². The topological polar surface area (TPSA) is 41.5 Å². The molecule has 1 aromatic carbocycles. The van der Waals surface area contributed by atoms with Crippen LogP contribution in [0.15, 0.2) is 30.3 Å². The van der Waals surface area contributed by atoms with E-state index in [1.54, 1.807) is 0 Å². The highest BCUT2D eigenvalue weighted by atomic mass is 16.5. The van der Waals surface area contributed by atoms with Crippen LogP contribution in [0, 0.1) is 0 Å². The molecule has 1 atom stereocenters. The Morgan fingerprint density at radius 2 is 2.06 bits per heavy atom. The van der Waals surface area contributed by atoms with Gasteiger partial charge in [-0.3, -0.25) is 0 Å². The Morgan fingerprint density at radius 1 is 1.31 bits per heavy atom. The highest BCUT2D eigenvalue weighted by Gasteiger charge is 2.03. The summed E-state index contributed by atoms with van der Waals surface area (Å²) in [5.41, 5.74) is 0. The molecule has 0 aromatic heterocycles. The molecule has 0 bridgehead atoms. The van der Waals surface area contributed by atoms with E-state index in [1.807, 2.05) is 30.3 Å². The Morgan fingerprint density at radius 3 is 2.75 bits per heavy atom. The van der Waals surface area contributed by atoms with Crippen molar-refractivity contribution in [3.05, 3.63) is 30.3 Å². The largest absolute Gasteiger partial charge is 0.491 e. The summed E-state index contributed by atoms with van der Waals surface area (Å²) < 4.78 is 5.43. The molecule has 0 aliphatic carbocycles. The Kier molecular flexibility index (Phi) is 6.61. The monoisotopic (exact) mass is 223 g/mol. The summed E-state index contributed by atoms with van der Waals surface area (Å²) in [5.74, 6) is 0.801. The third-order valence-electron chi connectivity index (χ3n) is 2.27. The van der Waals surface area contributed by atoms with E-state index < -0.39 is 6.10 Å². The number of para-hydroxylation sites is 1. The number of ether oxygens (including phenoxy) is 1. The van der Waals surface area contributed by atoms with E-state index in [4.69, 9.17) is 4.74 Å². The second-order valence-corrected chi connectivity index (χ2v) is 3.84. The lowest BCUT2D eigenvalue weighted by Crippen LogP contribution is -2.31. The van der Waals surface area contributed by atoms with Gasteiger partial charge in [-0.05, 0) is 25.1 Å². The molecule has 0 spiro atoms. The summed E-state index contributed by atoms with van der Waals surface area (Å²) in [6.07, 6.45) is 1.87. The van der Waals surface area contributed by atoms with Crippen LogP contribution in [0.2, 0.25) is 0 Å². The molecule has 0 fully saturated rings. The number of hydrogen-bond donors (Lipinski definition) is 2. The van der Waals surface area contributed by atoms with Crippen molar-refractivity contribution in [1.29, 1.82) is 0 Å². The molecule has 0 amide bonds. The van der Waals surface area contributed by atoms with Crippen molar-refractivity contribution in [1.82, 2.24) is 5.32 Å². The van der Waals surface area contributed by atoms with Crippen LogP contribution in [-0.2, 0) is 0 Å². The van der Waals surface area contributed by atoms with Crippen molar-refractivity contribution in [3.8, 4) is 5.75 Å². The van der Waals surface area contributed by atoms with Crippen LogP contribution >= 0.6 is 0 Å². The Hall–Kier alpha value is -1.06. The zero-order chi connectivity index (χ0) is 11.6. The molecule has 0 heterocycles. The summed E-state index contributed by atoms with van der Waals surface area (Å²) >= 11 is 0. The van der Waals surface area contributed by atoms with Crippen LogP contribution in [-0.4, -0.2) is 30.9 Å². The first-order chi connectivity index (χ1) is 7.83. The molecule has 0 aliphatic rings. The second kappa shape index (κ2) is 8.13. The van der Waals surface area contributed by atoms with E-state index >= 15 is 0 Å². The van der Waals surface area contributed by atoms with Gasteiger partial charge in [-0.2, -0.15) is 0 Å². The van der Waals surface area contributed by atoms with Crippen molar-refractivity contribution in [2.45, 2.75) is 25.9 Å². The lowest BCUT2D eigenvalue weighted by molar-refractivity contribution is 0.106. The van der Waals surface area contributed by atoms with Crippen LogP contribution in [0.25, 0.3) is 0 Å². The number of aliphatic hydroxyl groups is 1. The standard InChI is InChI=1S/C13H21NO2/c1-2-3-9-14-10-12(15)11-16-13-7-5-4-6-8-13/h4-8,12,14-15H,2-3,9-11H2,1H3/t12-/m0/s1. The fourth-order valence-corrected chi connectivity index (χ4v) is 1.34. The molecule has 16 heavy (non-hydrogen) atoms. The molecular formula is C13H21NO2. The third-order valence-corrected chi connectivity index (χ3v) is 2.27. The lowest BCUT2D eigenvalue weighted by atomic mass is 10.3. The number of benzene rings is 1. The van der Waals surface area contributed by atoms with Crippen LogP contribution in [0.1, 0.15) is 19.8 Å². The molecule has 0 radical (unpaired) electrons. The van der Waals surface area contributed by atoms with Gasteiger partial charge >= 0.3 is 0 Å². The van der Waals surface area contributed by atoms with Gasteiger partial charge in [-0.1, -0.05) is 31.5 Å². The maximum absolute atomic E-state index is 9.62. The second-order valence-electron chi connectivity index (χ2n) is 3.84. The SMILES string of the molecule is CCCCNC[C@H](O)COc1ccccc1. The first-order valence-corrected chi connectivity index (χ1v) is 5.89. The van der Waals surface area contributed by atoms with E-state index in [2.05, 4.69) is 12.2 Å². The van der Waals surface area contributed by atoms with Crippen molar-refractivity contribution in [3.63, 3.8) is 0 Å². The Bertz CT molecular complexity index is 264. The normalized spacial score (nSPS) is 12.4. The van der Waals surface area contributed by atoms with Crippen molar-refractivity contribution in [2.24, 2.45) is 0 Å². The van der Waals surface area contributed by atoms with Gasteiger partial charge in [0, 0.05) is 6.54 Å². The molecule has 1 rings (SSSR count). The van der Waals surface area contributed by atoms with Gasteiger partial charge in [0.1, 0.15) is 18.5 Å². The summed E-state index contributed by atoms with van der Waals surface area (Å²) in [5, 5.41) is 12.8. The number of rotatable bonds is 8. The molecule has 0 saturated carbocycles. The lowest BCUT2D eigenvalue weighted by Gasteiger charge is -2.12. The van der Waals surface area contributed by atoms with Crippen LogP contribution < -0.4 is 10.1 Å². The maximum Gasteiger partial charge on any atom is 0.119 e. The van der Waals surface area contributed by atoms with E-state index in [0.717, 1.165) is 18.7 Å². The molecule has 0 saturated heterocycles. The van der Waals surface area contributed by atoms with Crippen LogP contribution in [0.4, 0.5) is 0 Å². The van der Waals surface area contributed by atoms with Crippen molar-refractivity contribution in [2.75, 3.05) is 19.7 Å². The van der Waals surface area contributed by atoms with Gasteiger partial charge < -0.3 is 15.2 Å². The number of unbranched alkanes of at least 4 members (excludes halogenated alkanes) is 1. The minimum atomic E-state index is -0.447. The highest BCUT2D eigenvalue weighted by Crippen LogP contribution is 2.08. The molecule has 90 valence electrons. The van der Waals surface area contributed by atoms with Gasteiger partial charge in [0.25, 0.3) is 0 Å². The van der Waals surface area contributed by atoms with E-state index in [0.29, 0.717) is 13.2 Å². The molecule has 2 N–H and O–H groups in total. The maximum atomic E-state index is 9.62. The average Bonchev–Trinajstić information content (AvgIpc) is 2.33. The zero-order valence-corrected chi connectivity index (χ0v) is 9.86. The predicted molar refractivity (Wildman–Crippen MR) is 65.7 cm³/mol. The Labute approximate surface area is 97.4 Å². The Balaban J connectivity index is 2.08. The van der Waals surface area contributed by atoms with Gasteiger partial charge in [0.15, 0.2) is 0 Å².